The number of nitrogens with zero attached hydrogens (tertiary/aromatic N) is 2. The Hall–Kier alpha value is -3.86. The van der Waals surface area contributed by atoms with E-state index in [9.17, 15) is 22.8 Å². The number of pyridine rings is 1. The predicted octanol–water partition coefficient (Wildman–Crippen LogP) is 5.45. The molecule has 4 aromatic rings. The first kappa shape index (κ1) is 23.3. The van der Waals surface area contributed by atoms with Gasteiger partial charge in [0, 0.05) is 10.5 Å². The van der Waals surface area contributed by atoms with Gasteiger partial charge in [0.05, 0.1) is 28.0 Å². The Morgan fingerprint density at radius 2 is 1.88 bits per heavy atom. The second kappa shape index (κ2) is 9.96. The van der Waals surface area contributed by atoms with Crippen LogP contribution in [0.3, 0.4) is 0 Å². The molecular weight excluding hydrogens is 471 g/mol. The monoisotopic (exact) mass is 487 g/mol. The molecule has 0 unspecified atom stereocenters. The molecular formula is C23H16F3N3O4S. The number of thioether (sulfide) groups is 1. The number of fused-ring (bicyclic) bond motifs is 1. The number of anilines is 1. The molecule has 174 valence electrons. The van der Waals surface area contributed by atoms with E-state index in [0.717, 1.165) is 0 Å². The third kappa shape index (κ3) is 5.20. The molecule has 1 amide bonds. The fourth-order valence-corrected chi connectivity index (χ4v) is 3.78. The molecule has 2 aromatic heterocycles. The molecule has 0 radical (unpaired) electrons. The van der Waals surface area contributed by atoms with Gasteiger partial charge in [-0.25, -0.2) is 14.2 Å². The Labute approximate surface area is 195 Å². The molecule has 0 aliphatic heterocycles. The van der Waals surface area contributed by atoms with Crippen LogP contribution in [0, 0.1) is 12.7 Å². The summed E-state index contributed by atoms with van der Waals surface area (Å²) in [4.78, 5) is 29.7. The fourth-order valence-electron chi connectivity index (χ4n) is 3.19. The molecule has 4 rings (SSSR count). The summed E-state index contributed by atoms with van der Waals surface area (Å²) < 4.78 is 49.1. The Kier molecular flexibility index (Phi) is 6.82. The van der Waals surface area contributed by atoms with Crippen LogP contribution in [0.5, 0.6) is 0 Å². The van der Waals surface area contributed by atoms with Crippen molar-refractivity contribution in [2.45, 2.75) is 17.6 Å². The Morgan fingerprint density at radius 1 is 1.15 bits per heavy atom. The van der Waals surface area contributed by atoms with E-state index in [2.05, 4.69) is 15.5 Å². The van der Waals surface area contributed by atoms with Crippen LogP contribution in [0.1, 0.15) is 16.1 Å². The lowest BCUT2D eigenvalue weighted by atomic mass is 10.1. The molecule has 0 saturated carbocycles. The molecule has 1 N–H and O–H groups in total. The average Bonchev–Trinajstić information content (AvgIpc) is 3.19. The number of carbonyl (C=O) groups is 2. The van der Waals surface area contributed by atoms with Crippen LogP contribution in [0.15, 0.2) is 64.0 Å². The number of nitrogens with one attached hydrogen (secondary N) is 1. The van der Waals surface area contributed by atoms with Crippen molar-refractivity contribution < 1.29 is 32.0 Å². The number of ether oxygens (including phenoxy) is 1. The van der Waals surface area contributed by atoms with E-state index < -0.39 is 30.1 Å². The lowest BCUT2D eigenvalue weighted by molar-refractivity contribution is -0.119. The maximum Gasteiger partial charge on any atom is 0.339 e. The van der Waals surface area contributed by atoms with Gasteiger partial charge in [-0.15, -0.1) is 0 Å². The fraction of sp³-hybridized carbons (Fsp3) is 0.130. The number of amides is 1. The highest BCUT2D eigenvalue weighted by Crippen LogP contribution is 2.32. The van der Waals surface area contributed by atoms with Gasteiger partial charge in [0.2, 0.25) is 0 Å². The molecule has 0 saturated heterocycles. The number of esters is 1. The van der Waals surface area contributed by atoms with E-state index >= 15 is 0 Å². The van der Waals surface area contributed by atoms with Crippen LogP contribution in [-0.2, 0) is 9.53 Å². The molecule has 11 heteroatoms. The summed E-state index contributed by atoms with van der Waals surface area (Å²) in [5, 5.41) is 6.60. The number of hydrogen-bond donors (Lipinski definition) is 1. The molecule has 2 heterocycles. The maximum atomic E-state index is 13.3. The van der Waals surface area contributed by atoms with Gasteiger partial charge in [0.15, 0.2) is 6.61 Å². The van der Waals surface area contributed by atoms with E-state index in [1.807, 2.05) is 0 Å². The Bertz CT molecular complexity index is 1360. The SMILES string of the molecule is Cc1noc2nc(-c3ccc(F)cc3)cc(C(=O)OCC(=O)Nc3ccccc3SC(F)F)c12. The van der Waals surface area contributed by atoms with Crippen molar-refractivity contribution in [3.8, 4) is 11.3 Å². The molecule has 0 atom stereocenters. The number of aryl methyl sites for hydroxylation is 1. The first-order valence-electron chi connectivity index (χ1n) is 9.85. The lowest BCUT2D eigenvalue weighted by Crippen LogP contribution is -2.21. The third-order valence-electron chi connectivity index (χ3n) is 4.69. The molecule has 0 spiro atoms. The van der Waals surface area contributed by atoms with E-state index in [-0.39, 0.29) is 33.6 Å². The summed E-state index contributed by atoms with van der Waals surface area (Å²) in [7, 11) is 0. The van der Waals surface area contributed by atoms with Gasteiger partial charge in [-0.2, -0.15) is 8.78 Å². The Morgan fingerprint density at radius 3 is 2.62 bits per heavy atom. The number of benzene rings is 2. The zero-order chi connectivity index (χ0) is 24.2. The lowest BCUT2D eigenvalue weighted by Gasteiger charge is -2.11. The van der Waals surface area contributed by atoms with Crippen molar-refractivity contribution in [1.29, 1.82) is 0 Å². The maximum absolute atomic E-state index is 13.3. The predicted molar refractivity (Wildman–Crippen MR) is 119 cm³/mol. The normalized spacial score (nSPS) is 11.1. The smallest absolute Gasteiger partial charge is 0.339 e. The molecule has 2 aromatic carbocycles. The van der Waals surface area contributed by atoms with Gasteiger partial charge >= 0.3 is 5.97 Å². The number of para-hydroxylation sites is 1. The first-order chi connectivity index (χ1) is 16.3. The van der Waals surface area contributed by atoms with Crippen LogP contribution < -0.4 is 5.32 Å². The highest BCUT2D eigenvalue weighted by molar-refractivity contribution is 7.99. The van der Waals surface area contributed by atoms with Crippen molar-refractivity contribution in [3.63, 3.8) is 0 Å². The second-order valence-corrected chi connectivity index (χ2v) is 8.04. The number of carbonyl (C=O) groups excluding carboxylic acids is 2. The average molecular weight is 487 g/mol. The highest BCUT2D eigenvalue weighted by atomic mass is 32.2. The molecule has 0 fully saturated rings. The summed E-state index contributed by atoms with van der Waals surface area (Å²) in [5.41, 5.74) is 1.55. The molecule has 7 nitrogen and oxygen atoms in total. The van der Waals surface area contributed by atoms with Crippen molar-refractivity contribution >= 4 is 40.4 Å². The van der Waals surface area contributed by atoms with E-state index in [1.54, 1.807) is 19.1 Å². The van der Waals surface area contributed by atoms with Crippen molar-refractivity contribution in [2.75, 3.05) is 11.9 Å². The minimum Gasteiger partial charge on any atom is -0.452 e. The van der Waals surface area contributed by atoms with Gasteiger partial charge < -0.3 is 14.6 Å². The summed E-state index contributed by atoms with van der Waals surface area (Å²) in [6.45, 7) is 0.957. The number of aromatic nitrogens is 2. The molecule has 0 aliphatic rings. The van der Waals surface area contributed by atoms with Gasteiger partial charge in [-0.3, -0.25) is 4.79 Å². The van der Waals surface area contributed by atoms with Crippen LogP contribution >= 0.6 is 11.8 Å². The number of alkyl halides is 2. The summed E-state index contributed by atoms with van der Waals surface area (Å²) in [6.07, 6.45) is 0. The van der Waals surface area contributed by atoms with E-state index in [4.69, 9.17) is 9.26 Å². The summed E-state index contributed by atoms with van der Waals surface area (Å²) >= 11 is 0.289. The van der Waals surface area contributed by atoms with Gasteiger partial charge in [0.1, 0.15) is 5.82 Å². The van der Waals surface area contributed by atoms with Crippen LogP contribution in [-0.4, -0.2) is 34.4 Å². The Balaban J connectivity index is 1.53. The summed E-state index contributed by atoms with van der Waals surface area (Å²) in [6, 6.07) is 13.0. The van der Waals surface area contributed by atoms with Crippen LogP contribution in [0.4, 0.5) is 18.9 Å². The second-order valence-electron chi connectivity index (χ2n) is 7.01. The van der Waals surface area contributed by atoms with Gasteiger partial charge in [-0.1, -0.05) is 29.1 Å². The number of rotatable bonds is 7. The number of halogens is 3. The zero-order valence-corrected chi connectivity index (χ0v) is 18.4. The minimum absolute atomic E-state index is 0.0598. The van der Waals surface area contributed by atoms with Crippen LogP contribution in [0.25, 0.3) is 22.4 Å². The van der Waals surface area contributed by atoms with E-state index in [1.165, 1.54) is 42.5 Å². The summed E-state index contributed by atoms with van der Waals surface area (Å²) in [5.74, 6) is -4.64. The van der Waals surface area contributed by atoms with Gasteiger partial charge in [-0.05, 0) is 49.4 Å². The highest BCUT2D eigenvalue weighted by Gasteiger charge is 2.21. The quantitative estimate of drug-likeness (QED) is 0.274. The largest absolute Gasteiger partial charge is 0.452 e. The topological polar surface area (TPSA) is 94.3 Å². The van der Waals surface area contributed by atoms with Gasteiger partial charge in [0.25, 0.3) is 17.4 Å². The van der Waals surface area contributed by atoms with Crippen molar-refractivity contribution in [3.05, 3.63) is 71.7 Å². The first-order valence-corrected chi connectivity index (χ1v) is 10.7. The van der Waals surface area contributed by atoms with Crippen LogP contribution in [0.2, 0.25) is 0 Å². The van der Waals surface area contributed by atoms with E-state index in [0.29, 0.717) is 22.3 Å². The third-order valence-corrected chi connectivity index (χ3v) is 5.48. The van der Waals surface area contributed by atoms with Crippen molar-refractivity contribution in [2.24, 2.45) is 0 Å². The molecule has 0 bridgehead atoms. The zero-order valence-electron chi connectivity index (χ0n) is 17.6. The molecule has 34 heavy (non-hydrogen) atoms. The minimum atomic E-state index is -2.66. The molecule has 0 aliphatic carbocycles. The standard InChI is InChI=1S/C23H16F3N3O4S/c1-12-20-15(10-17(28-21(20)33-29-12)13-6-8-14(24)9-7-13)22(31)32-11-19(30)27-16-4-2-3-5-18(16)34-23(25)26/h2-10,23H,11H2,1H3,(H,27,30). The van der Waals surface area contributed by atoms with Crippen molar-refractivity contribution in [1.82, 2.24) is 10.1 Å². The number of hydrogen-bond acceptors (Lipinski definition) is 7.